The number of para-hydroxylation sites is 1. The quantitative estimate of drug-likeness (QED) is 0.480. The Labute approximate surface area is 196 Å². The van der Waals surface area contributed by atoms with Crippen LogP contribution in [0.1, 0.15) is 40.4 Å². The summed E-state index contributed by atoms with van der Waals surface area (Å²) in [5, 5.41) is 10.8. The zero-order valence-corrected chi connectivity index (χ0v) is 18.6. The number of carbonyl (C=O) groups is 2. The van der Waals surface area contributed by atoms with Crippen molar-refractivity contribution in [2.24, 2.45) is 0 Å². The number of likely N-dealkylation sites (tertiary alicyclic amines) is 1. The second-order valence-corrected chi connectivity index (χ2v) is 8.41. The van der Waals surface area contributed by atoms with Crippen molar-refractivity contribution in [2.75, 3.05) is 0 Å². The molecule has 0 radical (unpaired) electrons. The summed E-state index contributed by atoms with van der Waals surface area (Å²) >= 11 is 12.5. The number of aliphatic carboxylic acids is 1. The molecule has 0 aromatic heterocycles. The van der Waals surface area contributed by atoms with E-state index in [1.807, 2.05) is 30.3 Å². The Morgan fingerprint density at radius 1 is 0.906 bits per heavy atom. The van der Waals surface area contributed by atoms with E-state index in [1.54, 1.807) is 42.5 Å². The van der Waals surface area contributed by atoms with Crippen molar-refractivity contribution in [3.8, 4) is 5.75 Å². The van der Waals surface area contributed by atoms with E-state index in [0.717, 1.165) is 11.1 Å². The summed E-state index contributed by atoms with van der Waals surface area (Å²) in [5.41, 5.74) is 2.04. The Morgan fingerprint density at radius 3 is 2.22 bits per heavy atom. The van der Waals surface area contributed by atoms with Gasteiger partial charge in [0.15, 0.2) is 0 Å². The Morgan fingerprint density at radius 2 is 1.56 bits per heavy atom. The topological polar surface area (TPSA) is 66.8 Å². The number of carboxylic acids is 1. The third-order valence-corrected chi connectivity index (χ3v) is 6.26. The molecule has 1 aliphatic heterocycles. The number of nitrogens with zero attached hydrogens (tertiary/aromatic N) is 1. The molecule has 7 heteroatoms. The Bertz CT molecular complexity index is 1130. The van der Waals surface area contributed by atoms with Crippen molar-refractivity contribution < 1.29 is 19.4 Å². The first kappa shape index (κ1) is 22.2. The lowest BCUT2D eigenvalue weighted by Crippen LogP contribution is -2.41. The van der Waals surface area contributed by atoms with Crippen LogP contribution in [0.3, 0.4) is 0 Å². The van der Waals surface area contributed by atoms with Gasteiger partial charge in [0.25, 0.3) is 5.91 Å². The molecule has 1 amide bonds. The first-order valence-electron chi connectivity index (χ1n) is 10.2. The number of rotatable bonds is 6. The normalized spacial score (nSPS) is 17.9. The van der Waals surface area contributed by atoms with Crippen molar-refractivity contribution in [2.45, 2.75) is 31.5 Å². The van der Waals surface area contributed by atoms with Gasteiger partial charge in [-0.1, -0.05) is 65.7 Å². The second-order valence-electron chi connectivity index (χ2n) is 7.60. The molecule has 0 bridgehead atoms. The number of carbonyl (C=O) groups excluding carboxylic acids is 1. The summed E-state index contributed by atoms with van der Waals surface area (Å²) in [4.78, 5) is 26.7. The lowest BCUT2D eigenvalue weighted by atomic mass is 10.0. The molecule has 32 heavy (non-hydrogen) atoms. The molecule has 1 N–H and O–H groups in total. The fourth-order valence-corrected chi connectivity index (χ4v) is 4.45. The van der Waals surface area contributed by atoms with Crippen LogP contribution in [0.5, 0.6) is 5.75 Å². The molecule has 164 valence electrons. The predicted molar refractivity (Wildman–Crippen MR) is 123 cm³/mol. The number of ether oxygens (including phenoxy) is 1. The van der Waals surface area contributed by atoms with Crippen molar-refractivity contribution in [3.05, 3.63) is 99.5 Å². The van der Waals surface area contributed by atoms with Crippen LogP contribution in [0, 0.1) is 0 Å². The van der Waals surface area contributed by atoms with Gasteiger partial charge in [-0.05, 0) is 54.3 Å². The molecule has 1 heterocycles. The lowest BCUT2D eigenvalue weighted by Gasteiger charge is -2.29. The molecule has 1 aliphatic rings. The summed E-state index contributed by atoms with van der Waals surface area (Å²) in [5.74, 6) is -0.769. The monoisotopic (exact) mass is 469 g/mol. The van der Waals surface area contributed by atoms with Crippen LogP contribution in [-0.4, -0.2) is 27.9 Å². The number of amides is 1. The summed E-state index contributed by atoms with van der Waals surface area (Å²) in [6.07, 6.45) is 0.914. The number of benzene rings is 3. The van der Waals surface area contributed by atoms with Crippen LogP contribution < -0.4 is 4.74 Å². The minimum absolute atomic E-state index is 0.294. The summed E-state index contributed by atoms with van der Waals surface area (Å²) in [6.45, 7) is 0.294. The van der Waals surface area contributed by atoms with Crippen molar-refractivity contribution in [1.29, 1.82) is 0 Å². The molecule has 1 fully saturated rings. The SMILES string of the molecule is O=C(O)C1CCC(c2ccccc2Cl)N1C(=O)c1ccc(COc2ccccc2Cl)cc1. The Balaban J connectivity index is 1.54. The van der Waals surface area contributed by atoms with Gasteiger partial charge in [-0.3, -0.25) is 4.79 Å². The van der Waals surface area contributed by atoms with Crippen LogP contribution in [0.4, 0.5) is 0 Å². The summed E-state index contributed by atoms with van der Waals surface area (Å²) in [6, 6.07) is 20.1. The number of carboxylic acid groups (broad SMARTS) is 1. The van der Waals surface area contributed by atoms with Gasteiger partial charge in [0, 0.05) is 10.6 Å². The smallest absolute Gasteiger partial charge is 0.326 e. The zero-order chi connectivity index (χ0) is 22.7. The minimum atomic E-state index is -1.02. The molecule has 2 unspecified atom stereocenters. The van der Waals surface area contributed by atoms with Crippen LogP contribution in [0.2, 0.25) is 10.0 Å². The van der Waals surface area contributed by atoms with Crippen LogP contribution in [0.15, 0.2) is 72.8 Å². The van der Waals surface area contributed by atoms with Gasteiger partial charge in [0.2, 0.25) is 0 Å². The third-order valence-electron chi connectivity index (χ3n) is 5.60. The first-order valence-corrected chi connectivity index (χ1v) is 11.0. The molecule has 2 atom stereocenters. The highest BCUT2D eigenvalue weighted by Gasteiger charge is 2.42. The lowest BCUT2D eigenvalue weighted by molar-refractivity contribution is -0.141. The molecule has 1 saturated heterocycles. The van der Waals surface area contributed by atoms with Crippen molar-refractivity contribution in [3.63, 3.8) is 0 Å². The van der Waals surface area contributed by atoms with E-state index in [4.69, 9.17) is 27.9 Å². The maximum atomic E-state index is 13.4. The molecule has 0 spiro atoms. The number of halogens is 2. The molecule has 0 saturated carbocycles. The second kappa shape index (κ2) is 9.63. The number of hydrogen-bond donors (Lipinski definition) is 1. The van der Waals surface area contributed by atoms with Gasteiger partial charge in [-0.25, -0.2) is 4.79 Å². The summed E-state index contributed by atoms with van der Waals surface area (Å²) < 4.78 is 5.74. The van der Waals surface area contributed by atoms with Crippen molar-refractivity contribution in [1.82, 2.24) is 4.90 Å². The fourth-order valence-electron chi connectivity index (χ4n) is 4.00. The maximum Gasteiger partial charge on any atom is 0.326 e. The minimum Gasteiger partial charge on any atom is -0.487 e. The molecule has 3 aromatic rings. The van der Waals surface area contributed by atoms with E-state index >= 15 is 0 Å². The Kier molecular flexibility index (Phi) is 6.68. The van der Waals surface area contributed by atoms with E-state index in [9.17, 15) is 14.7 Å². The van der Waals surface area contributed by atoms with Gasteiger partial charge in [0.05, 0.1) is 11.1 Å². The highest BCUT2D eigenvalue weighted by Crippen LogP contribution is 2.40. The number of hydrogen-bond acceptors (Lipinski definition) is 3. The van der Waals surface area contributed by atoms with E-state index < -0.39 is 12.0 Å². The Hall–Kier alpha value is -3.02. The fraction of sp³-hybridized carbons (Fsp3) is 0.200. The highest BCUT2D eigenvalue weighted by molar-refractivity contribution is 6.32. The molecule has 4 rings (SSSR count). The van der Waals surface area contributed by atoms with Gasteiger partial charge < -0.3 is 14.7 Å². The molecular weight excluding hydrogens is 449 g/mol. The van der Waals surface area contributed by atoms with E-state index in [-0.39, 0.29) is 11.9 Å². The van der Waals surface area contributed by atoms with Crippen LogP contribution in [0.25, 0.3) is 0 Å². The average Bonchev–Trinajstić information content (AvgIpc) is 3.24. The van der Waals surface area contributed by atoms with Crippen LogP contribution >= 0.6 is 23.2 Å². The largest absolute Gasteiger partial charge is 0.487 e. The maximum absolute atomic E-state index is 13.4. The third kappa shape index (κ3) is 4.59. The van der Waals surface area contributed by atoms with Crippen LogP contribution in [-0.2, 0) is 11.4 Å². The first-order chi connectivity index (χ1) is 15.5. The van der Waals surface area contributed by atoms with Crippen molar-refractivity contribution >= 4 is 35.1 Å². The molecular formula is C25H21Cl2NO4. The van der Waals surface area contributed by atoms with E-state index in [0.29, 0.717) is 40.8 Å². The summed E-state index contributed by atoms with van der Waals surface area (Å²) in [7, 11) is 0. The predicted octanol–water partition coefficient (Wildman–Crippen LogP) is 6.00. The molecule has 5 nitrogen and oxygen atoms in total. The molecule has 0 aliphatic carbocycles. The van der Waals surface area contributed by atoms with E-state index in [2.05, 4.69) is 0 Å². The zero-order valence-electron chi connectivity index (χ0n) is 17.1. The van der Waals surface area contributed by atoms with Gasteiger partial charge in [-0.2, -0.15) is 0 Å². The highest BCUT2D eigenvalue weighted by atomic mass is 35.5. The van der Waals surface area contributed by atoms with Gasteiger partial charge >= 0.3 is 5.97 Å². The molecule has 3 aromatic carbocycles. The van der Waals surface area contributed by atoms with Gasteiger partial charge in [-0.15, -0.1) is 0 Å². The van der Waals surface area contributed by atoms with Gasteiger partial charge in [0.1, 0.15) is 18.4 Å². The van der Waals surface area contributed by atoms with E-state index in [1.165, 1.54) is 4.90 Å². The average molecular weight is 470 g/mol. The standard InChI is InChI=1S/C25H21Cl2NO4/c26-19-6-2-1-5-18(19)21-13-14-22(25(30)31)28(21)24(29)17-11-9-16(10-12-17)15-32-23-8-4-3-7-20(23)27/h1-12,21-22H,13-15H2,(H,30,31).